The SMILES string of the molecule is COC(=O)c1coc(CN(C(=O)Nc2ccc(F)c(F)c2)C(C)C)n1. The topological polar surface area (TPSA) is 84.7 Å². The summed E-state index contributed by atoms with van der Waals surface area (Å²) in [5, 5.41) is 2.47. The third kappa shape index (κ3) is 4.52. The number of anilines is 1. The summed E-state index contributed by atoms with van der Waals surface area (Å²) in [5.41, 5.74) is 0.0967. The molecule has 2 rings (SSSR count). The molecular formula is C16H17F2N3O4. The van der Waals surface area contributed by atoms with Crippen LogP contribution in [0.1, 0.15) is 30.2 Å². The zero-order valence-electron chi connectivity index (χ0n) is 13.9. The second-order valence-electron chi connectivity index (χ2n) is 5.40. The summed E-state index contributed by atoms with van der Waals surface area (Å²) in [7, 11) is 1.21. The normalized spacial score (nSPS) is 10.6. The van der Waals surface area contributed by atoms with Crippen LogP contribution in [0.5, 0.6) is 0 Å². The maximum atomic E-state index is 13.2. The molecule has 0 saturated carbocycles. The zero-order valence-corrected chi connectivity index (χ0v) is 13.9. The molecule has 0 bridgehead atoms. The van der Waals surface area contributed by atoms with Gasteiger partial charge in [-0.15, -0.1) is 0 Å². The van der Waals surface area contributed by atoms with Gasteiger partial charge in [-0.1, -0.05) is 0 Å². The Morgan fingerprint density at radius 1 is 1.32 bits per heavy atom. The highest BCUT2D eigenvalue weighted by molar-refractivity contribution is 5.89. The van der Waals surface area contributed by atoms with E-state index < -0.39 is 23.6 Å². The van der Waals surface area contributed by atoms with E-state index in [1.165, 1.54) is 18.1 Å². The lowest BCUT2D eigenvalue weighted by Crippen LogP contribution is -2.39. The minimum atomic E-state index is -1.07. The fourth-order valence-electron chi connectivity index (χ4n) is 1.99. The minimum absolute atomic E-state index is 0.0118. The van der Waals surface area contributed by atoms with E-state index >= 15 is 0 Å². The molecule has 0 radical (unpaired) electrons. The van der Waals surface area contributed by atoms with Gasteiger partial charge in [0.25, 0.3) is 0 Å². The quantitative estimate of drug-likeness (QED) is 0.835. The first kappa shape index (κ1) is 18.4. The van der Waals surface area contributed by atoms with Crippen molar-refractivity contribution in [3.63, 3.8) is 0 Å². The van der Waals surface area contributed by atoms with E-state index in [2.05, 4.69) is 15.0 Å². The van der Waals surface area contributed by atoms with Crippen molar-refractivity contribution in [1.29, 1.82) is 0 Å². The van der Waals surface area contributed by atoms with E-state index in [9.17, 15) is 18.4 Å². The Morgan fingerprint density at radius 2 is 2.04 bits per heavy atom. The van der Waals surface area contributed by atoms with Crippen molar-refractivity contribution >= 4 is 17.7 Å². The third-order valence-corrected chi connectivity index (χ3v) is 3.31. The summed E-state index contributed by atoms with van der Waals surface area (Å²) in [4.78, 5) is 29.1. The standard InChI is InChI=1S/C16H17F2N3O4/c1-9(2)21(7-14-20-13(8-25-14)15(22)24-3)16(23)19-10-4-5-11(17)12(18)6-10/h4-6,8-9H,7H2,1-3H3,(H,19,23). The van der Waals surface area contributed by atoms with Gasteiger partial charge in [-0.3, -0.25) is 0 Å². The van der Waals surface area contributed by atoms with Crippen LogP contribution in [-0.2, 0) is 11.3 Å². The Hall–Kier alpha value is -2.97. The number of aromatic nitrogens is 1. The van der Waals surface area contributed by atoms with Crippen LogP contribution in [-0.4, -0.2) is 35.0 Å². The van der Waals surface area contributed by atoms with Gasteiger partial charge in [0.15, 0.2) is 17.3 Å². The number of halogens is 2. The third-order valence-electron chi connectivity index (χ3n) is 3.31. The first-order valence-corrected chi connectivity index (χ1v) is 7.37. The monoisotopic (exact) mass is 353 g/mol. The van der Waals surface area contributed by atoms with Crippen LogP contribution < -0.4 is 5.32 Å². The molecule has 0 aliphatic rings. The molecule has 1 N–H and O–H groups in total. The Morgan fingerprint density at radius 3 is 2.64 bits per heavy atom. The van der Waals surface area contributed by atoms with Gasteiger partial charge in [-0.2, -0.15) is 0 Å². The molecule has 0 unspecified atom stereocenters. The van der Waals surface area contributed by atoms with Gasteiger partial charge in [-0.05, 0) is 26.0 Å². The van der Waals surface area contributed by atoms with Crippen molar-refractivity contribution in [2.75, 3.05) is 12.4 Å². The predicted molar refractivity (Wildman–Crippen MR) is 83.9 cm³/mol. The number of oxazole rings is 1. The second-order valence-corrected chi connectivity index (χ2v) is 5.40. The first-order valence-electron chi connectivity index (χ1n) is 7.37. The van der Waals surface area contributed by atoms with Crippen LogP contribution in [0.3, 0.4) is 0 Å². The second kappa shape index (κ2) is 7.73. The summed E-state index contributed by atoms with van der Waals surface area (Å²) < 4.78 is 35.9. The number of rotatable bonds is 5. The zero-order chi connectivity index (χ0) is 18.6. The first-order chi connectivity index (χ1) is 11.8. The number of amides is 2. The Kier molecular flexibility index (Phi) is 5.68. The summed E-state index contributed by atoms with van der Waals surface area (Å²) >= 11 is 0. The van der Waals surface area contributed by atoms with E-state index in [-0.39, 0.29) is 29.9 Å². The molecule has 2 aromatic rings. The van der Waals surface area contributed by atoms with Crippen molar-refractivity contribution in [3.8, 4) is 0 Å². The molecule has 25 heavy (non-hydrogen) atoms. The minimum Gasteiger partial charge on any atom is -0.464 e. The molecule has 0 aliphatic heterocycles. The van der Waals surface area contributed by atoms with Gasteiger partial charge >= 0.3 is 12.0 Å². The molecule has 1 heterocycles. The molecule has 0 spiro atoms. The number of carbonyl (C=O) groups is 2. The number of benzene rings is 1. The molecule has 0 atom stereocenters. The van der Waals surface area contributed by atoms with E-state index in [0.29, 0.717) is 0 Å². The fraction of sp³-hybridized carbons (Fsp3) is 0.312. The van der Waals surface area contributed by atoms with Crippen LogP contribution in [0, 0.1) is 11.6 Å². The predicted octanol–water partition coefficient (Wildman–Crippen LogP) is 3.18. The van der Waals surface area contributed by atoms with E-state index in [0.717, 1.165) is 18.4 Å². The number of nitrogens with zero attached hydrogens (tertiary/aromatic N) is 2. The lowest BCUT2D eigenvalue weighted by molar-refractivity contribution is 0.0594. The van der Waals surface area contributed by atoms with Crippen molar-refractivity contribution in [1.82, 2.24) is 9.88 Å². The summed E-state index contributed by atoms with van der Waals surface area (Å²) in [6, 6.07) is 2.24. The van der Waals surface area contributed by atoms with Gasteiger partial charge < -0.3 is 19.4 Å². The van der Waals surface area contributed by atoms with Crippen LogP contribution in [0.15, 0.2) is 28.9 Å². The van der Waals surface area contributed by atoms with E-state index in [4.69, 9.17) is 4.42 Å². The smallest absolute Gasteiger partial charge is 0.360 e. The maximum Gasteiger partial charge on any atom is 0.360 e. The van der Waals surface area contributed by atoms with Crippen molar-refractivity contribution in [2.24, 2.45) is 0 Å². The number of methoxy groups -OCH3 is 1. The molecule has 9 heteroatoms. The highest BCUT2D eigenvalue weighted by Crippen LogP contribution is 2.16. The Labute approximate surface area is 142 Å². The van der Waals surface area contributed by atoms with Crippen LogP contribution >= 0.6 is 0 Å². The number of hydrogen-bond acceptors (Lipinski definition) is 5. The lowest BCUT2D eigenvalue weighted by atomic mass is 10.3. The van der Waals surface area contributed by atoms with Gasteiger partial charge in [0, 0.05) is 17.8 Å². The number of nitrogens with one attached hydrogen (secondary N) is 1. The van der Waals surface area contributed by atoms with Crippen molar-refractivity contribution in [3.05, 3.63) is 47.7 Å². The van der Waals surface area contributed by atoms with Crippen LogP contribution in [0.4, 0.5) is 19.3 Å². The molecule has 2 amide bonds. The summed E-state index contributed by atoms with van der Waals surface area (Å²) in [6.07, 6.45) is 1.13. The van der Waals surface area contributed by atoms with Crippen LogP contribution in [0.2, 0.25) is 0 Å². The summed E-state index contributed by atoms with van der Waals surface area (Å²) in [5.74, 6) is -2.59. The highest BCUT2D eigenvalue weighted by atomic mass is 19.2. The van der Waals surface area contributed by atoms with Gasteiger partial charge in [0.2, 0.25) is 5.89 Å². The highest BCUT2D eigenvalue weighted by Gasteiger charge is 2.21. The molecule has 7 nitrogen and oxygen atoms in total. The van der Waals surface area contributed by atoms with Crippen molar-refractivity contribution < 1.29 is 27.5 Å². The summed E-state index contributed by atoms with van der Waals surface area (Å²) in [6.45, 7) is 3.49. The number of hydrogen-bond donors (Lipinski definition) is 1. The molecule has 1 aromatic heterocycles. The molecule has 0 fully saturated rings. The largest absolute Gasteiger partial charge is 0.464 e. The fourth-order valence-corrected chi connectivity index (χ4v) is 1.99. The molecule has 0 saturated heterocycles. The Bertz CT molecular complexity index is 776. The van der Waals surface area contributed by atoms with Gasteiger partial charge in [0.1, 0.15) is 6.26 Å². The van der Waals surface area contributed by atoms with Gasteiger partial charge in [0.05, 0.1) is 13.7 Å². The number of ether oxygens (including phenoxy) is 1. The van der Waals surface area contributed by atoms with E-state index in [1.807, 2.05) is 0 Å². The van der Waals surface area contributed by atoms with E-state index in [1.54, 1.807) is 13.8 Å². The average molecular weight is 353 g/mol. The molecule has 134 valence electrons. The van der Waals surface area contributed by atoms with Gasteiger partial charge in [-0.25, -0.2) is 23.4 Å². The molecule has 1 aromatic carbocycles. The Balaban J connectivity index is 2.11. The number of carbonyl (C=O) groups excluding carboxylic acids is 2. The van der Waals surface area contributed by atoms with Crippen LogP contribution in [0.25, 0.3) is 0 Å². The molecule has 0 aliphatic carbocycles. The number of urea groups is 1. The number of esters is 1. The average Bonchev–Trinajstić information content (AvgIpc) is 3.03. The molecular weight excluding hydrogens is 336 g/mol. The maximum absolute atomic E-state index is 13.2. The lowest BCUT2D eigenvalue weighted by Gasteiger charge is -2.25. The van der Waals surface area contributed by atoms with Crippen molar-refractivity contribution in [2.45, 2.75) is 26.4 Å².